The van der Waals surface area contributed by atoms with E-state index in [0.29, 0.717) is 23.8 Å². The minimum absolute atomic E-state index is 0.0196. The number of hydrogen-bond acceptors (Lipinski definition) is 6. The molecular formula is C21H20FN5O3. The summed E-state index contributed by atoms with van der Waals surface area (Å²) >= 11 is 0. The summed E-state index contributed by atoms with van der Waals surface area (Å²) in [5.41, 5.74) is 6.29. The van der Waals surface area contributed by atoms with Gasteiger partial charge < -0.3 is 10.5 Å². The van der Waals surface area contributed by atoms with Crippen molar-refractivity contribution >= 4 is 28.9 Å². The number of carbonyl (C=O) groups excluding carboxylic acids is 2. The lowest BCUT2D eigenvalue weighted by Crippen LogP contribution is -2.44. The molecule has 1 aromatic carbocycles. The van der Waals surface area contributed by atoms with Crippen LogP contribution in [0.5, 0.6) is 5.75 Å². The molecule has 0 fully saturated rings. The summed E-state index contributed by atoms with van der Waals surface area (Å²) in [5, 5.41) is 6.30. The number of amides is 2. The molecule has 30 heavy (non-hydrogen) atoms. The van der Waals surface area contributed by atoms with Crippen LogP contribution in [0.4, 0.5) is 10.1 Å². The van der Waals surface area contributed by atoms with E-state index in [1.165, 1.54) is 29.3 Å². The van der Waals surface area contributed by atoms with E-state index in [9.17, 15) is 14.0 Å². The van der Waals surface area contributed by atoms with Gasteiger partial charge in [-0.15, -0.1) is 0 Å². The first-order valence-corrected chi connectivity index (χ1v) is 9.62. The molecule has 2 aromatic rings. The fraction of sp³-hybridized carbons (Fsp3) is 0.286. The number of carbonyl (C=O) groups is 2. The molecule has 2 amide bonds. The smallest absolute Gasteiger partial charge is 0.267 e. The number of pyridine rings is 1. The van der Waals surface area contributed by atoms with E-state index in [-0.39, 0.29) is 22.1 Å². The Hall–Kier alpha value is -3.62. The summed E-state index contributed by atoms with van der Waals surface area (Å²) < 4.78 is 20.5. The van der Waals surface area contributed by atoms with Gasteiger partial charge in [-0.1, -0.05) is 13.3 Å². The number of halogens is 1. The summed E-state index contributed by atoms with van der Waals surface area (Å²) in [7, 11) is 0. The zero-order chi connectivity index (χ0) is 21.4. The Morgan fingerprint density at radius 3 is 2.83 bits per heavy atom. The Labute approximate surface area is 171 Å². The van der Waals surface area contributed by atoms with Gasteiger partial charge in [0.25, 0.3) is 11.8 Å². The fourth-order valence-corrected chi connectivity index (χ4v) is 3.44. The Balaban J connectivity index is 1.89. The Morgan fingerprint density at radius 1 is 1.30 bits per heavy atom. The van der Waals surface area contributed by atoms with Crippen LogP contribution in [0.3, 0.4) is 0 Å². The van der Waals surface area contributed by atoms with Gasteiger partial charge in [-0.05, 0) is 37.6 Å². The van der Waals surface area contributed by atoms with Crippen molar-refractivity contribution in [3.8, 4) is 5.75 Å². The topological polar surface area (TPSA) is 110 Å². The maximum atomic E-state index is 14.8. The van der Waals surface area contributed by atoms with Crippen molar-refractivity contribution in [1.29, 1.82) is 0 Å². The minimum atomic E-state index is -0.808. The number of hydrogen-bond donors (Lipinski definition) is 1. The van der Waals surface area contributed by atoms with Crippen LogP contribution in [-0.2, 0) is 4.79 Å². The van der Waals surface area contributed by atoms with Crippen LogP contribution in [0.15, 0.2) is 40.4 Å². The highest BCUT2D eigenvalue weighted by atomic mass is 19.1. The Morgan fingerprint density at radius 2 is 2.10 bits per heavy atom. The van der Waals surface area contributed by atoms with Crippen LogP contribution in [0.1, 0.15) is 37.2 Å². The molecule has 4 rings (SSSR count). The number of aromatic nitrogens is 1. The average molecular weight is 409 g/mol. The number of nitrogens with two attached hydrogens (primary N) is 1. The van der Waals surface area contributed by atoms with Gasteiger partial charge in [-0.25, -0.2) is 19.4 Å². The molecule has 0 radical (unpaired) electrons. The number of hydrazone groups is 1. The molecule has 1 aromatic heterocycles. The molecule has 0 aliphatic carbocycles. The van der Waals surface area contributed by atoms with Crippen molar-refractivity contribution in [2.75, 3.05) is 11.6 Å². The molecule has 3 heterocycles. The number of unbranched alkanes of at least 4 members (excludes halogenated alkanes) is 1. The van der Waals surface area contributed by atoms with Crippen molar-refractivity contribution < 1.29 is 18.7 Å². The van der Waals surface area contributed by atoms with E-state index in [1.807, 2.05) is 6.92 Å². The second-order valence-corrected chi connectivity index (χ2v) is 7.07. The lowest BCUT2D eigenvalue weighted by molar-refractivity contribution is -0.118. The van der Waals surface area contributed by atoms with Gasteiger partial charge in [0.05, 0.1) is 23.4 Å². The average Bonchev–Trinajstić information content (AvgIpc) is 3.07. The summed E-state index contributed by atoms with van der Waals surface area (Å²) in [5.74, 6) is -2.00. The van der Waals surface area contributed by atoms with Gasteiger partial charge in [-0.2, -0.15) is 5.10 Å². The first-order valence-electron chi connectivity index (χ1n) is 9.62. The van der Waals surface area contributed by atoms with Crippen molar-refractivity contribution in [2.24, 2.45) is 21.7 Å². The number of benzene rings is 1. The lowest BCUT2D eigenvalue weighted by Gasteiger charge is -2.21. The number of ether oxygens (including phenoxy) is 1. The molecule has 0 spiro atoms. The quantitative estimate of drug-likeness (QED) is 0.723. The van der Waals surface area contributed by atoms with Crippen molar-refractivity contribution in [2.45, 2.75) is 26.7 Å². The summed E-state index contributed by atoms with van der Waals surface area (Å²) in [6, 6.07) is 7.26. The minimum Gasteiger partial charge on any atom is -0.494 e. The zero-order valence-electron chi connectivity index (χ0n) is 16.6. The van der Waals surface area contributed by atoms with E-state index < -0.39 is 23.5 Å². The van der Waals surface area contributed by atoms with E-state index >= 15 is 0 Å². The summed E-state index contributed by atoms with van der Waals surface area (Å²) in [6.45, 7) is 4.22. The van der Waals surface area contributed by atoms with Gasteiger partial charge in [0.15, 0.2) is 0 Å². The number of fused-ring (bicyclic) bond motifs is 2. The molecular weight excluding hydrogens is 389 g/mol. The summed E-state index contributed by atoms with van der Waals surface area (Å²) in [4.78, 5) is 32.6. The molecule has 2 N–H and O–H groups in total. The van der Waals surface area contributed by atoms with E-state index in [0.717, 1.165) is 12.8 Å². The first-order chi connectivity index (χ1) is 14.4. The highest BCUT2D eigenvalue weighted by Crippen LogP contribution is 2.36. The third kappa shape index (κ3) is 3.32. The van der Waals surface area contributed by atoms with Crippen molar-refractivity contribution in [3.05, 3.63) is 52.5 Å². The molecule has 1 atom stereocenters. The number of rotatable bonds is 6. The van der Waals surface area contributed by atoms with Crippen molar-refractivity contribution in [1.82, 2.24) is 4.98 Å². The highest BCUT2D eigenvalue weighted by molar-refractivity contribution is 6.16. The second kappa shape index (κ2) is 7.66. The molecule has 0 saturated carbocycles. The van der Waals surface area contributed by atoms with Gasteiger partial charge in [0, 0.05) is 6.07 Å². The molecule has 1 unspecified atom stereocenters. The first kappa shape index (κ1) is 19.7. The molecule has 154 valence electrons. The maximum absolute atomic E-state index is 14.8. The Kier molecular flexibility index (Phi) is 5.03. The van der Waals surface area contributed by atoms with Crippen LogP contribution in [0.2, 0.25) is 0 Å². The fourth-order valence-electron chi connectivity index (χ4n) is 3.44. The predicted molar refractivity (Wildman–Crippen MR) is 108 cm³/mol. The standard InChI is InChI=1S/C21H20FN5O3/c1-3-4-9-30-12-5-6-13(22)16(10-12)27-19-17(11(2)26-27)21(29)25-14-7-8-15(20(23)28)24-18(14)19/h5-8,10,17H,3-4,9H2,1-2H3,(H2,23,28). The van der Waals surface area contributed by atoms with E-state index in [2.05, 4.69) is 15.1 Å². The van der Waals surface area contributed by atoms with Crippen LogP contribution >= 0.6 is 0 Å². The molecule has 2 aliphatic rings. The largest absolute Gasteiger partial charge is 0.494 e. The van der Waals surface area contributed by atoms with Crippen LogP contribution in [0, 0.1) is 11.7 Å². The third-order valence-electron chi connectivity index (χ3n) is 4.94. The SMILES string of the molecule is CCCCOc1ccc(F)c(N2N=C(C)C3C(=O)N=c4ccc(C(N)=O)nc4=C32)c1. The zero-order valence-corrected chi connectivity index (χ0v) is 16.6. The van der Waals surface area contributed by atoms with Crippen LogP contribution in [-0.4, -0.2) is 29.1 Å². The predicted octanol–water partition coefficient (Wildman–Crippen LogP) is 1.28. The number of anilines is 1. The van der Waals surface area contributed by atoms with Crippen molar-refractivity contribution in [3.63, 3.8) is 0 Å². The van der Waals surface area contributed by atoms with Crippen LogP contribution in [0.25, 0.3) is 5.70 Å². The highest BCUT2D eigenvalue weighted by Gasteiger charge is 2.40. The van der Waals surface area contributed by atoms with E-state index in [1.54, 1.807) is 13.0 Å². The molecule has 9 heteroatoms. The van der Waals surface area contributed by atoms with E-state index in [4.69, 9.17) is 10.5 Å². The van der Waals surface area contributed by atoms with Gasteiger partial charge in [0.1, 0.15) is 34.2 Å². The molecule has 8 nitrogen and oxygen atoms in total. The van der Waals surface area contributed by atoms with Gasteiger partial charge >= 0.3 is 0 Å². The monoisotopic (exact) mass is 409 g/mol. The molecule has 0 saturated heterocycles. The van der Waals surface area contributed by atoms with Crippen LogP contribution < -0.4 is 26.2 Å². The third-order valence-corrected chi connectivity index (χ3v) is 4.94. The summed E-state index contributed by atoms with van der Waals surface area (Å²) in [6.07, 6.45) is 1.84. The lowest BCUT2D eigenvalue weighted by atomic mass is 9.97. The molecule has 2 aliphatic heterocycles. The number of primary amides is 1. The van der Waals surface area contributed by atoms with Gasteiger partial charge in [0.2, 0.25) is 0 Å². The normalized spacial score (nSPS) is 17.2. The van der Waals surface area contributed by atoms with Gasteiger partial charge in [-0.3, -0.25) is 9.59 Å². The molecule has 0 bridgehead atoms. The number of nitrogens with zero attached hydrogens (tertiary/aromatic N) is 4. The second-order valence-electron chi connectivity index (χ2n) is 7.07. The Bertz CT molecular complexity index is 1210. The maximum Gasteiger partial charge on any atom is 0.267 e.